The van der Waals surface area contributed by atoms with Crippen LogP contribution in [0.25, 0.3) is 0 Å². The third kappa shape index (κ3) is 2.40. The average molecular weight is 340 g/mol. The fourth-order valence-electron chi connectivity index (χ4n) is 2.95. The van der Waals surface area contributed by atoms with Crippen molar-refractivity contribution in [1.29, 1.82) is 0 Å². The molecule has 0 saturated carbocycles. The Bertz CT molecular complexity index is 629. The number of nitrogens with one attached hydrogen (secondary N) is 1. The van der Waals surface area contributed by atoms with Crippen LogP contribution in [0.2, 0.25) is 0 Å². The monoisotopic (exact) mass is 340 g/mol. The maximum absolute atomic E-state index is 12.2. The first-order valence-electron chi connectivity index (χ1n) is 6.84. The number of carbonyl (C=O) groups is 3. The quantitative estimate of drug-likeness (QED) is 0.796. The molecule has 2 amide bonds. The third-order valence-electron chi connectivity index (χ3n) is 3.94. The first kappa shape index (κ1) is 15.4. The molecule has 2 saturated heterocycles. The molecule has 22 heavy (non-hydrogen) atoms. The van der Waals surface area contributed by atoms with Crippen molar-refractivity contribution in [3.63, 3.8) is 0 Å². The van der Waals surface area contributed by atoms with Crippen molar-refractivity contribution in [2.75, 3.05) is 0 Å². The molecule has 0 unspecified atom stereocenters. The lowest BCUT2D eigenvalue weighted by Crippen LogP contribution is -2.70. The van der Waals surface area contributed by atoms with E-state index in [0.29, 0.717) is 0 Å². The van der Waals surface area contributed by atoms with Crippen LogP contribution in [-0.2, 0) is 20.8 Å². The summed E-state index contributed by atoms with van der Waals surface area (Å²) in [6.45, 7) is 3.62. The number of aliphatic carboxylic acids is 1. The first-order valence-corrected chi connectivity index (χ1v) is 8.67. The van der Waals surface area contributed by atoms with Crippen molar-refractivity contribution in [3.8, 4) is 0 Å². The van der Waals surface area contributed by atoms with Gasteiger partial charge in [-0.2, -0.15) is 11.3 Å². The highest BCUT2D eigenvalue weighted by Crippen LogP contribution is 2.50. The highest BCUT2D eigenvalue weighted by Gasteiger charge is 2.64. The number of hydrogen-bond acceptors (Lipinski definition) is 5. The van der Waals surface area contributed by atoms with Gasteiger partial charge in [0.2, 0.25) is 11.8 Å². The normalized spacial score (nSPS) is 28.9. The highest BCUT2D eigenvalue weighted by atomic mass is 32.2. The van der Waals surface area contributed by atoms with Gasteiger partial charge in [0, 0.05) is 4.75 Å². The van der Waals surface area contributed by atoms with Crippen LogP contribution in [0, 0.1) is 0 Å². The van der Waals surface area contributed by atoms with Gasteiger partial charge in [0.1, 0.15) is 17.5 Å². The zero-order chi connectivity index (χ0) is 16.1. The van der Waals surface area contributed by atoms with E-state index in [0.717, 1.165) is 5.56 Å². The number of thioether (sulfide) groups is 1. The number of hydrogen-bond donors (Lipinski definition) is 2. The lowest BCUT2D eigenvalue weighted by molar-refractivity contribution is -0.161. The Morgan fingerprint density at radius 2 is 2.18 bits per heavy atom. The van der Waals surface area contributed by atoms with Gasteiger partial charge in [-0.1, -0.05) is 0 Å². The van der Waals surface area contributed by atoms with Gasteiger partial charge in [-0.3, -0.25) is 9.59 Å². The van der Waals surface area contributed by atoms with Gasteiger partial charge in [-0.25, -0.2) is 4.79 Å². The van der Waals surface area contributed by atoms with Crippen molar-refractivity contribution in [2.45, 2.75) is 42.5 Å². The van der Waals surface area contributed by atoms with E-state index in [1.54, 1.807) is 0 Å². The standard InChI is InChI=1S/C14H16N2O4S2/c1-14(2)10(13(19)20)16-11(18)9(12(16)22-14)15-8(17)5-7-3-4-21-6-7/h3-4,6,9-10,12H,5H2,1-2H3,(H,15,17)(H,19,20)/t9-,10-,12-/m1/s1. The SMILES string of the molecule is CC1(C)S[C@@H]2[C@H](NC(=O)Cc3ccsc3)C(=O)N2[C@@H]1C(=O)O. The Kier molecular flexibility index (Phi) is 3.68. The molecule has 118 valence electrons. The smallest absolute Gasteiger partial charge is 0.327 e. The van der Waals surface area contributed by atoms with Crippen LogP contribution in [-0.4, -0.2) is 50.0 Å². The van der Waals surface area contributed by atoms with Crippen LogP contribution >= 0.6 is 23.1 Å². The maximum atomic E-state index is 12.2. The Labute approximate surface area is 135 Å². The molecule has 0 radical (unpaired) electrons. The molecule has 8 heteroatoms. The van der Waals surface area contributed by atoms with E-state index in [-0.39, 0.29) is 23.6 Å². The van der Waals surface area contributed by atoms with Crippen LogP contribution in [0.15, 0.2) is 16.8 Å². The molecule has 3 rings (SSSR count). The maximum Gasteiger partial charge on any atom is 0.327 e. The highest BCUT2D eigenvalue weighted by molar-refractivity contribution is 8.01. The zero-order valence-electron chi connectivity index (χ0n) is 12.1. The van der Waals surface area contributed by atoms with Crippen molar-refractivity contribution >= 4 is 40.9 Å². The number of carboxylic acids is 1. The van der Waals surface area contributed by atoms with Crippen LogP contribution in [0.4, 0.5) is 0 Å². The molecule has 3 atom stereocenters. The fourth-order valence-corrected chi connectivity index (χ4v) is 5.24. The second-order valence-electron chi connectivity index (χ2n) is 5.95. The van der Waals surface area contributed by atoms with Gasteiger partial charge in [0.25, 0.3) is 0 Å². The number of nitrogens with zero attached hydrogens (tertiary/aromatic N) is 1. The molecule has 0 aliphatic carbocycles. The van der Waals surface area contributed by atoms with E-state index >= 15 is 0 Å². The van der Waals surface area contributed by atoms with Crippen LogP contribution in [0.3, 0.4) is 0 Å². The summed E-state index contributed by atoms with van der Waals surface area (Å²) >= 11 is 2.94. The van der Waals surface area contributed by atoms with Gasteiger partial charge in [-0.15, -0.1) is 11.8 Å². The summed E-state index contributed by atoms with van der Waals surface area (Å²) in [5, 5.41) is 15.6. The van der Waals surface area contributed by atoms with Gasteiger partial charge in [0.15, 0.2) is 0 Å². The molecule has 0 spiro atoms. The molecule has 2 fully saturated rings. The summed E-state index contributed by atoms with van der Waals surface area (Å²) < 4.78 is -0.570. The van der Waals surface area contributed by atoms with Crippen LogP contribution in [0.1, 0.15) is 19.4 Å². The van der Waals surface area contributed by atoms with E-state index in [4.69, 9.17) is 0 Å². The number of thiophene rings is 1. The Morgan fingerprint density at radius 3 is 2.77 bits per heavy atom. The average Bonchev–Trinajstić information content (AvgIpc) is 3.00. The van der Waals surface area contributed by atoms with E-state index in [9.17, 15) is 19.5 Å². The number of carboxylic acid groups (broad SMARTS) is 1. The number of amides is 2. The van der Waals surface area contributed by atoms with E-state index in [1.807, 2.05) is 30.7 Å². The molecule has 6 nitrogen and oxygen atoms in total. The first-order chi connectivity index (χ1) is 10.3. The molecule has 2 aliphatic heterocycles. The fraction of sp³-hybridized carbons (Fsp3) is 0.500. The summed E-state index contributed by atoms with van der Waals surface area (Å²) in [6.07, 6.45) is 0.233. The molecule has 3 heterocycles. The summed E-state index contributed by atoms with van der Waals surface area (Å²) in [5.74, 6) is -1.53. The van der Waals surface area contributed by atoms with Crippen molar-refractivity contribution in [1.82, 2.24) is 10.2 Å². The number of fused-ring (bicyclic) bond motifs is 1. The summed E-state index contributed by atoms with van der Waals surface area (Å²) in [6, 6.07) is 0.396. The second kappa shape index (κ2) is 5.27. The minimum atomic E-state index is -1.00. The number of β-lactam (4-membered cyclic amide) rings is 1. The lowest BCUT2D eigenvalue weighted by Gasteiger charge is -2.43. The minimum absolute atomic E-state index is 0.214. The summed E-state index contributed by atoms with van der Waals surface area (Å²) in [7, 11) is 0. The van der Waals surface area contributed by atoms with Crippen LogP contribution in [0.5, 0.6) is 0 Å². The molecule has 2 aliphatic rings. The zero-order valence-corrected chi connectivity index (χ0v) is 13.7. The van der Waals surface area contributed by atoms with Gasteiger partial charge in [-0.05, 0) is 36.2 Å². The summed E-state index contributed by atoms with van der Waals surface area (Å²) in [4.78, 5) is 37.0. The number of carbonyl (C=O) groups excluding carboxylic acids is 2. The van der Waals surface area contributed by atoms with Crippen molar-refractivity contribution < 1.29 is 19.5 Å². The molecule has 0 aromatic carbocycles. The van der Waals surface area contributed by atoms with E-state index in [1.165, 1.54) is 28.0 Å². The van der Waals surface area contributed by atoms with Crippen molar-refractivity contribution in [2.24, 2.45) is 0 Å². The third-order valence-corrected chi connectivity index (χ3v) is 6.24. The molecular weight excluding hydrogens is 324 g/mol. The molecule has 0 bridgehead atoms. The van der Waals surface area contributed by atoms with Gasteiger partial charge in [0.05, 0.1) is 6.42 Å². The predicted octanol–water partition coefficient (Wildman–Crippen LogP) is 0.922. The topological polar surface area (TPSA) is 86.7 Å². The Morgan fingerprint density at radius 1 is 1.45 bits per heavy atom. The lowest BCUT2D eigenvalue weighted by atomic mass is 9.96. The number of rotatable bonds is 4. The summed E-state index contributed by atoms with van der Waals surface area (Å²) in [5.41, 5.74) is 0.911. The molecule has 1 aromatic heterocycles. The minimum Gasteiger partial charge on any atom is -0.480 e. The molecular formula is C14H16N2O4S2. The van der Waals surface area contributed by atoms with Crippen molar-refractivity contribution in [3.05, 3.63) is 22.4 Å². The van der Waals surface area contributed by atoms with Gasteiger partial charge < -0.3 is 15.3 Å². The Balaban J connectivity index is 1.67. The van der Waals surface area contributed by atoms with Crippen LogP contribution < -0.4 is 5.32 Å². The van der Waals surface area contributed by atoms with E-state index in [2.05, 4.69) is 5.32 Å². The predicted molar refractivity (Wildman–Crippen MR) is 83.7 cm³/mol. The molecule has 1 aromatic rings. The van der Waals surface area contributed by atoms with E-state index < -0.39 is 22.8 Å². The van der Waals surface area contributed by atoms with Gasteiger partial charge >= 0.3 is 5.97 Å². The molecule has 2 N–H and O–H groups in total. The Hall–Kier alpha value is -1.54. The second-order valence-corrected chi connectivity index (χ2v) is 8.50. The largest absolute Gasteiger partial charge is 0.480 e.